The van der Waals surface area contributed by atoms with Crippen molar-refractivity contribution in [3.8, 4) is 24.0 Å². The van der Waals surface area contributed by atoms with Crippen LogP contribution in [-0.4, -0.2) is 18.2 Å². The molecule has 17 heavy (non-hydrogen) atoms. The first-order valence-electron chi connectivity index (χ1n) is 4.29. The molecule has 0 aromatic heterocycles. The van der Waals surface area contributed by atoms with Crippen molar-refractivity contribution in [1.82, 2.24) is 0 Å². The minimum absolute atomic E-state index is 0.138. The van der Waals surface area contributed by atoms with Gasteiger partial charge in [-0.3, -0.25) is 0 Å². The molecule has 0 aliphatic carbocycles. The Morgan fingerprint density at radius 1 is 1.24 bits per heavy atom. The van der Waals surface area contributed by atoms with Crippen molar-refractivity contribution in [1.29, 1.82) is 15.8 Å². The van der Waals surface area contributed by atoms with E-state index in [1.54, 1.807) is 18.2 Å². The third-order valence-corrected chi connectivity index (χ3v) is 2.06. The lowest BCUT2D eigenvalue weighted by Gasteiger charge is -2.08. The molecule has 1 rings (SSSR count). The third kappa shape index (κ3) is 1.86. The van der Waals surface area contributed by atoms with Crippen LogP contribution in [-0.2, 0) is 0 Å². The molecule has 0 radical (unpaired) electrons. The first-order valence-corrected chi connectivity index (χ1v) is 4.29. The van der Waals surface area contributed by atoms with Crippen LogP contribution in [0.4, 0.5) is 0 Å². The second kappa shape index (κ2) is 4.65. The van der Waals surface area contributed by atoms with Gasteiger partial charge in [-0.15, -0.1) is 0 Å². The Bertz CT molecular complexity index is 615. The molecular weight excluding hydrogens is 222 g/mol. The molecule has 0 aliphatic heterocycles. The van der Waals surface area contributed by atoms with Crippen molar-refractivity contribution in [2.75, 3.05) is 7.11 Å². The molecule has 0 bridgehead atoms. The summed E-state index contributed by atoms with van der Waals surface area (Å²) in [4.78, 5) is 10.9. The molecular formula is C11H5N3O3. The van der Waals surface area contributed by atoms with Crippen LogP contribution < -0.4 is 4.74 Å². The summed E-state index contributed by atoms with van der Waals surface area (Å²) in [5, 5.41) is 35.5. The third-order valence-electron chi connectivity index (χ3n) is 2.06. The Morgan fingerprint density at radius 3 is 2.18 bits per heavy atom. The molecule has 0 fully saturated rings. The van der Waals surface area contributed by atoms with Gasteiger partial charge in [-0.2, -0.15) is 15.8 Å². The molecule has 6 heteroatoms. The fourth-order valence-electron chi connectivity index (χ4n) is 1.34. The quantitative estimate of drug-likeness (QED) is 0.805. The van der Waals surface area contributed by atoms with Crippen molar-refractivity contribution in [2.24, 2.45) is 0 Å². The largest absolute Gasteiger partial charge is 0.494 e. The predicted octanol–water partition coefficient (Wildman–Crippen LogP) is 1.01. The topological polar surface area (TPSA) is 118 Å². The van der Waals surface area contributed by atoms with Crippen LogP contribution in [0.2, 0.25) is 0 Å². The number of hydrogen-bond donors (Lipinski definition) is 1. The monoisotopic (exact) mass is 227 g/mol. The van der Waals surface area contributed by atoms with Gasteiger partial charge in [0, 0.05) is 0 Å². The zero-order valence-electron chi connectivity index (χ0n) is 8.68. The number of aromatic carboxylic acids is 1. The minimum atomic E-state index is -1.36. The molecule has 0 atom stereocenters. The standard InChI is InChI=1S/C11H5N3O3/c1-17-10-8(4-13)6(3-12)2-7(11(15)16)9(10)5-14/h2H,1H3,(H,15,16). The van der Waals surface area contributed by atoms with Crippen LogP contribution in [0.5, 0.6) is 5.75 Å². The lowest BCUT2D eigenvalue weighted by Crippen LogP contribution is -2.06. The average molecular weight is 227 g/mol. The summed E-state index contributed by atoms with van der Waals surface area (Å²) in [6, 6.07) is 6.05. The van der Waals surface area contributed by atoms with E-state index in [1.165, 1.54) is 7.11 Å². The number of carbonyl (C=O) groups is 1. The molecule has 0 spiro atoms. The number of nitrogens with zero attached hydrogens (tertiary/aromatic N) is 3. The maximum Gasteiger partial charge on any atom is 0.337 e. The SMILES string of the molecule is COc1c(C#N)c(C#N)cc(C(=O)O)c1C#N. The maximum atomic E-state index is 10.9. The van der Waals surface area contributed by atoms with Crippen LogP contribution in [0.25, 0.3) is 0 Å². The Hall–Kier alpha value is -3.04. The molecule has 0 heterocycles. The van der Waals surface area contributed by atoms with E-state index in [2.05, 4.69) is 0 Å². The Morgan fingerprint density at radius 2 is 1.82 bits per heavy atom. The van der Waals surface area contributed by atoms with E-state index in [-0.39, 0.29) is 28.0 Å². The van der Waals surface area contributed by atoms with Crippen molar-refractivity contribution in [2.45, 2.75) is 0 Å². The molecule has 82 valence electrons. The van der Waals surface area contributed by atoms with Crippen LogP contribution >= 0.6 is 0 Å². The Kier molecular flexibility index (Phi) is 3.29. The van der Waals surface area contributed by atoms with Gasteiger partial charge in [-0.25, -0.2) is 4.79 Å². The second-order valence-corrected chi connectivity index (χ2v) is 2.90. The van der Waals surface area contributed by atoms with Gasteiger partial charge < -0.3 is 9.84 Å². The number of ether oxygens (including phenoxy) is 1. The molecule has 6 nitrogen and oxygen atoms in total. The fraction of sp³-hybridized carbons (Fsp3) is 0.0909. The number of carboxylic acid groups (broad SMARTS) is 1. The Labute approximate surface area is 96.5 Å². The van der Waals surface area contributed by atoms with Crippen molar-refractivity contribution < 1.29 is 14.6 Å². The summed E-state index contributed by atoms with van der Waals surface area (Å²) >= 11 is 0. The number of hydrogen-bond acceptors (Lipinski definition) is 5. The number of nitriles is 3. The molecule has 1 aromatic rings. The van der Waals surface area contributed by atoms with Crippen LogP contribution in [0.3, 0.4) is 0 Å². The fourth-order valence-corrected chi connectivity index (χ4v) is 1.34. The highest BCUT2D eigenvalue weighted by atomic mass is 16.5. The van der Waals surface area contributed by atoms with E-state index in [4.69, 9.17) is 25.6 Å². The summed E-state index contributed by atoms with van der Waals surface area (Å²) in [6.07, 6.45) is 0. The van der Waals surface area contributed by atoms with Gasteiger partial charge in [-0.1, -0.05) is 0 Å². The smallest absolute Gasteiger partial charge is 0.337 e. The van der Waals surface area contributed by atoms with Gasteiger partial charge in [0.2, 0.25) is 0 Å². The predicted molar refractivity (Wildman–Crippen MR) is 54.1 cm³/mol. The second-order valence-electron chi connectivity index (χ2n) is 2.90. The summed E-state index contributed by atoms with van der Waals surface area (Å²) in [7, 11) is 1.20. The molecule has 0 aliphatic rings. The minimum Gasteiger partial charge on any atom is -0.494 e. The summed E-state index contributed by atoms with van der Waals surface area (Å²) in [5.41, 5.74) is -0.909. The number of carboxylic acids is 1. The maximum absolute atomic E-state index is 10.9. The molecule has 0 unspecified atom stereocenters. The van der Waals surface area contributed by atoms with Crippen molar-refractivity contribution >= 4 is 5.97 Å². The average Bonchev–Trinajstić information content (AvgIpc) is 2.35. The zero-order chi connectivity index (χ0) is 13.0. The van der Waals surface area contributed by atoms with Crippen LogP contribution in [0, 0.1) is 34.0 Å². The first-order chi connectivity index (χ1) is 8.10. The number of benzene rings is 1. The van der Waals surface area contributed by atoms with Gasteiger partial charge in [0.1, 0.15) is 29.3 Å². The van der Waals surface area contributed by atoms with Crippen molar-refractivity contribution in [3.63, 3.8) is 0 Å². The highest BCUT2D eigenvalue weighted by molar-refractivity contribution is 5.93. The highest BCUT2D eigenvalue weighted by Gasteiger charge is 2.22. The van der Waals surface area contributed by atoms with Gasteiger partial charge in [-0.05, 0) is 6.07 Å². The van der Waals surface area contributed by atoms with Gasteiger partial charge in [0.25, 0.3) is 0 Å². The van der Waals surface area contributed by atoms with Gasteiger partial charge >= 0.3 is 5.97 Å². The van der Waals surface area contributed by atoms with Crippen LogP contribution in [0.1, 0.15) is 27.0 Å². The lowest BCUT2D eigenvalue weighted by atomic mass is 9.98. The summed E-state index contributed by atoms with van der Waals surface area (Å²) < 4.78 is 4.83. The number of rotatable bonds is 2. The van der Waals surface area contributed by atoms with E-state index in [0.717, 1.165) is 6.07 Å². The van der Waals surface area contributed by atoms with E-state index < -0.39 is 5.97 Å². The molecule has 0 amide bonds. The van der Waals surface area contributed by atoms with E-state index >= 15 is 0 Å². The van der Waals surface area contributed by atoms with Crippen molar-refractivity contribution in [3.05, 3.63) is 28.3 Å². The summed E-state index contributed by atoms with van der Waals surface area (Å²) in [5.74, 6) is -1.55. The molecule has 1 aromatic carbocycles. The van der Waals surface area contributed by atoms with E-state index in [0.29, 0.717) is 0 Å². The molecule has 1 N–H and O–H groups in total. The highest BCUT2D eigenvalue weighted by Crippen LogP contribution is 2.29. The van der Waals surface area contributed by atoms with Crippen LogP contribution in [0.15, 0.2) is 6.07 Å². The van der Waals surface area contributed by atoms with Gasteiger partial charge in [0.15, 0.2) is 5.75 Å². The van der Waals surface area contributed by atoms with Gasteiger partial charge in [0.05, 0.1) is 18.2 Å². The molecule has 0 saturated heterocycles. The first kappa shape index (κ1) is 12.0. The molecule has 0 saturated carbocycles. The zero-order valence-corrected chi connectivity index (χ0v) is 8.68. The lowest BCUT2D eigenvalue weighted by molar-refractivity contribution is 0.0696. The Balaban J connectivity index is 3.84. The number of methoxy groups -OCH3 is 1. The van der Waals surface area contributed by atoms with E-state index in [1.807, 2.05) is 0 Å². The normalized spacial score (nSPS) is 8.59. The van der Waals surface area contributed by atoms with E-state index in [9.17, 15) is 4.79 Å². The summed E-state index contributed by atoms with van der Waals surface area (Å²) in [6.45, 7) is 0.